The van der Waals surface area contributed by atoms with Crippen LogP contribution < -0.4 is 15.8 Å². The van der Waals surface area contributed by atoms with Crippen LogP contribution in [0.1, 0.15) is 5.76 Å². The fraction of sp³-hybridized carbons (Fsp3) is 0.167. The number of hydrogen-bond donors (Lipinski definition) is 2. The molecule has 7 heteroatoms. The number of benzene rings is 1. The van der Waals surface area contributed by atoms with E-state index < -0.39 is 10.0 Å². The summed E-state index contributed by atoms with van der Waals surface area (Å²) in [6.45, 7) is 0.501. The number of furan rings is 1. The topological polar surface area (TPSA) is 103 Å². The van der Waals surface area contributed by atoms with Gasteiger partial charge < -0.3 is 15.1 Å². The second-order valence-corrected chi connectivity index (χ2v) is 5.80. The standard InChI is InChI=1S/C12H15N3O3S/c1-15(8-11-3-2-4-18-11)10-5-9(13)6-12(7-10)19(14,16)17/h2-7H,8,13H2,1H3,(H2,14,16,17). The minimum atomic E-state index is -3.77. The predicted molar refractivity (Wildman–Crippen MR) is 73.0 cm³/mol. The van der Waals surface area contributed by atoms with E-state index in [2.05, 4.69) is 0 Å². The third-order valence-electron chi connectivity index (χ3n) is 2.66. The van der Waals surface area contributed by atoms with Crippen LogP contribution in [0.2, 0.25) is 0 Å². The van der Waals surface area contributed by atoms with Crippen LogP contribution >= 0.6 is 0 Å². The number of nitrogens with zero attached hydrogens (tertiary/aromatic N) is 1. The highest BCUT2D eigenvalue weighted by Crippen LogP contribution is 2.23. The Hall–Kier alpha value is -1.99. The normalized spacial score (nSPS) is 11.5. The highest BCUT2D eigenvalue weighted by atomic mass is 32.2. The van der Waals surface area contributed by atoms with Crippen molar-refractivity contribution in [2.75, 3.05) is 17.7 Å². The summed E-state index contributed by atoms with van der Waals surface area (Å²) >= 11 is 0. The summed E-state index contributed by atoms with van der Waals surface area (Å²) in [5, 5.41) is 5.11. The number of nitrogens with two attached hydrogens (primary N) is 2. The molecule has 2 rings (SSSR count). The monoisotopic (exact) mass is 281 g/mol. The molecule has 102 valence electrons. The van der Waals surface area contributed by atoms with Gasteiger partial charge >= 0.3 is 0 Å². The molecule has 2 aromatic rings. The van der Waals surface area contributed by atoms with E-state index in [-0.39, 0.29) is 4.90 Å². The highest BCUT2D eigenvalue weighted by molar-refractivity contribution is 7.89. The third-order valence-corrected chi connectivity index (χ3v) is 3.55. The zero-order valence-electron chi connectivity index (χ0n) is 10.4. The Kier molecular flexibility index (Phi) is 3.50. The van der Waals surface area contributed by atoms with Crippen molar-refractivity contribution in [3.63, 3.8) is 0 Å². The van der Waals surface area contributed by atoms with Crippen LogP contribution in [0.5, 0.6) is 0 Å². The molecule has 6 nitrogen and oxygen atoms in total. The maximum absolute atomic E-state index is 11.4. The molecule has 0 spiro atoms. The number of nitrogen functional groups attached to an aromatic ring is 1. The van der Waals surface area contributed by atoms with Crippen LogP contribution in [0.15, 0.2) is 45.9 Å². The highest BCUT2D eigenvalue weighted by Gasteiger charge is 2.12. The molecule has 0 radical (unpaired) electrons. The van der Waals surface area contributed by atoms with Crippen molar-refractivity contribution in [2.45, 2.75) is 11.4 Å². The third kappa shape index (κ3) is 3.27. The van der Waals surface area contributed by atoms with Gasteiger partial charge in [0.1, 0.15) is 5.76 Å². The van der Waals surface area contributed by atoms with Crippen LogP contribution in [0.4, 0.5) is 11.4 Å². The van der Waals surface area contributed by atoms with Gasteiger partial charge in [0, 0.05) is 18.4 Å². The lowest BCUT2D eigenvalue weighted by molar-refractivity contribution is 0.507. The summed E-state index contributed by atoms with van der Waals surface area (Å²) in [5.74, 6) is 0.766. The summed E-state index contributed by atoms with van der Waals surface area (Å²) < 4.78 is 28.0. The van der Waals surface area contributed by atoms with Crippen molar-refractivity contribution < 1.29 is 12.8 Å². The Morgan fingerprint density at radius 1 is 1.32 bits per heavy atom. The van der Waals surface area contributed by atoms with Gasteiger partial charge in [0.15, 0.2) is 0 Å². The van der Waals surface area contributed by atoms with E-state index in [0.29, 0.717) is 17.9 Å². The van der Waals surface area contributed by atoms with E-state index in [4.69, 9.17) is 15.3 Å². The zero-order valence-corrected chi connectivity index (χ0v) is 11.2. The van der Waals surface area contributed by atoms with E-state index in [9.17, 15) is 8.42 Å². The van der Waals surface area contributed by atoms with Crippen LogP contribution in [-0.4, -0.2) is 15.5 Å². The molecular formula is C12H15N3O3S. The molecule has 0 aliphatic rings. The quantitative estimate of drug-likeness (QED) is 0.818. The van der Waals surface area contributed by atoms with Crippen molar-refractivity contribution in [3.05, 3.63) is 42.4 Å². The Balaban J connectivity index is 2.32. The predicted octanol–water partition coefficient (Wildman–Crippen LogP) is 1.15. The van der Waals surface area contributed by atoms with E-state index in [1.54, 1.807) is 18.4 Å². The summed E-state index contributed by atoms with van der Waals surface area (Å²) in [5.41, 5.74) is 6.69. The average molecular weight is 281 g/mol. The number of hydrogen-bond acceptors (Lipinski definition) is 5. The molecule has 0 unspecified atom stereocenters. The summed E-state index contributed by atoms with van der Waals surface area (Å²) in [6.07, 6.45) is 1.58. The molecule has 1 heterocycles. The van der Waals surface area contributed by atoms with E-state index in [1.165, 1.54) is 12.1 Å². The SMILES string of the molecule is CN(Cc1ccco1)c1cc(N)cc(S(N)(=O)=O)c1. The summed E-state index contributed by atoms with van der Waals surface area (Å²) in [4.78, 5) is 1.82. The zero-order chi connectivity index (χ0) is 14.0. The Morgan fingerprint density at radius 2 is 2.05 bits per heavy atom. The van der Waals surface area contributed by atoms with Gasteiger partial charge in [-0.3, -0.25) is 0 Å². The molecule has 0 saturated carbocycles. The first-order valence-corrected chi connectivity index (χ1v) is 7.08. The molecule has 1 aromatic heterocycles. The molecule has 0 bridgehead atoms. The lowest BCUT2D eigenvalue weighted by Gasteiger charge is -2.19. The van der Waals surface area contributed by atoms with Gasteiger partial charge in [-0.1, -0.05) is 0 Å². The van der Waals surface area contributed by atoms with Gasteiger partial charge in [-0.05, 0) is 30.3 Å². The molecule has 0 aliphatic heterocycles. The van der Waals surface area contributed by atoms with Gasteiger partial charge in [0.25, 0.3) is 0 Å². The maximum atomic E-state index is 11.4. The number of anilines is 2. The van der Waals surface area contributed by atoms with E-state index >= 15 is 0 Å². The van der Waals surface area contributed by atoms with Gasteiger partial charge in [-0.15, -0.1) is 0 Å². The Labute approximate surface area is 111 Å². The smallest absolute Gasteiger partial charge is 0.238 e. The molecule has 0 atom stereocenters. The van der Waals surface area contributed by atoms with Crippen LogP contribution in [0.3, 0.4) is 0 Å². The Morgan fingerprint density at radius 3 is 2.63 bits per heavy atom. The first-order chi connectivity index (χ1) is 8.86. The van der Waals surface area contributed by atoms with Gasteiger partial charge in [0.05, 0.1) is 17.7 Å². The van der Waals surface area contributed by atoms with Gasteiger partial charge in [-0.2, -0.15) is 0 Å². The fourth-order valence-electron chi connectivity index (χ4n) is 1.72. The number of sulfonamides is 1. The average Bonchev–Trinajstić information content (AvgIpc) is 2.79. The molecule has 0 saturated heterocycles. The van der Waals surface area contributed by atoms with Crippen molar-refractivity contribution in [1.82, 2.24) is 0 Å². The second kappa shape index (κ2) is 4.94. The second-order valence-electron chi connectivity index (χ2n) is 4.24. The molecule has 0 amide bonds. The number of primary sulfonamides is 1. The number of rotatable bonds is 4. The molecule has 0 aliphatic carbocycles. The summed E-state index contributed by atoms with van der Waals surface area (Å²) in [7, 11) is -1.96. The van der Waals surface area contributed by atoms with Crippen molar-refractivity contribution in [1.29, 1.82) is 0 Å². The van der Waals surface area contributed by atoms with Crippen molar-refractivity contribution >= 4 is 21.4 Å². The summed E-state index contributed by atoms with van der Waals surface area (Å²) in [6, 6.07) is 8.12. The first-order valence-electron chi connectivity index (χ1n) is 5.53. The van der Waals surface area contributed by atoms with Crippen molar-refractivity contribution in [2.24, 2.45) is 5.14 Å². The van der Waals surface area contributed by atoms with Gasteiger partial charge in [-0.25, -0.2) is 13.6 Å². The van der Waals surface area contributed by atoms with Crippen LogP contribution in [0.25, 0.3) is 0 Å². The van der Waals surface area contributed by atoms with Crippen LogP contribution in [-0.2, 0) is 16.6 Å². The molecular weight excluding hydrogens is 266 g/mol. The molecule has 4 N–H and O–H groups in total. The largest absolute Gasteiger partial charge is 0.467 e. The molecule has 1 aromatic carbocycles. The minimum Gasteiger partial charge on any atom is -0.467 e. The van der Waals surface area contributed by atoms with Gasteiger partial charge in [0.2, 0.25) is 10.0 Å². The van der Waals surface area contributed by atoms with Crippen LogP contribution in [0, 0.1) is 0 Å². The lowest BCUT2D eigenvalue weighted by atomic mass is 10.2. The molecule has 0 fully saturated rings. The fourth-order valence-corrected chi connectivity index (χ4v) is 2.30. The molecule has 19 heavy (non-hydrogen) atoms. The van der Waals surface area contributed by atoms with Crippen molar-refractivity contribution in [3.8, 4) is 0 Å². The Bertz CT molecular complexity index is 666. The van der Waals surface area contributed by atoms with E-state index in [0.717, 1.165) is 5.76 Å². The maximum Gasteiger partial charge on any atom is 0.238 e. The minimum absolute atomic E-state index is 0.00575. The lowest BCUT2D eigenvalue weighted by Crippen LogP contribution is -2.18. The van der Waals surface area contributed by atoms with E-state index in [1.807, 2.05) is 18.0 Å². The first kappa shape index (κ1) is 13.4.